The van der Waals surface area contributed by atoms with E-state index in [0.717, 1.165) is 6.42 Å². The summed E-state index contributed by atoms with van der Waals surface area (Å²) in [5.41, 5.74) is 0. The zero-order valence-electron chi connectivity index (χ0n) is 6.59. The summed E-state index contributed by atoms with van der Waals surface area (Å²) in [6.07, 6.45) is 9.67. The van der Waals surface area contributed by atoms with Crippen molar-refractivity contribution in [3.05, 3.63) is 24.3 Å². The first kappa shape index (κ1) is 8.48. The van der Waals surface area contributed by atoms with Gasteiger partial charge in [0.25, 0.3) is 0 Å². The van der Waals surface area contributed by atoms with Crippen LogP contribution in [0.4, 0.5) is 0 Å². The van der Waals surface area contributed by atoms with E-state index in [0.29, 0.717) is 5.92 Å². The molecule has 0 aromatic heterocycles. The van der Waals surface area contributed by atoms with Crippen LogP contribution in [-0.2, 0) is 0 Å². The van der Waals surface area contributed by atoms with E-state index in [1.54, 1.807) is 0 Å². The molecule has 0 radical (unpaired) electrons. The Bertz CT molecular complexity index is 96.6. The Morgan fingerprint density at radius 3 is 2.33 bits per heavy atom. The molecule has 0 aliphatic rings. The third-order valence-electron chi connectivity index (χ3n) is 0.979. The van der Waals surface area contributed by atoms with Crippen molar-refractivity contribution in [2.24, 2.45) is 5.92 Å². The number of hydrogen-bond acceptors (Lipinski definition) is 0. The van der Waals surface area contributed by atoms with Gasteiger partial charge in [-0.05, 0) is 12.3 Å². The molecule has 0 rings (SSSR count). The third kappa shape index (κ3) is 7.48. The molecule has 0 aliphatic heterocycles. The first-order chi connectivity index (χ1) is 4.27. The van der Waals surface area contributed by atoms with Crippen LogP contribution >= 0.6 is 0 Å². The van der Waals surface area contributed by atoms with E-state index < -0.39 is 0 Å². The molecule has 9 heavy (non-hydrogen) atoms. The summed E-state index contributed by atoms with van der Waals surface area (Å²) < 4.78 is 0. The summed E-state index contributed by atoms with van der Waals surface area (Å²) >= 11 is 0. The van der Waals surface area contributed by atoms with Gasteiger partial charge >= 0.3 is 0 Å². The van der Waals surface area contributed by atoms with Gasteiger partial charge in [0.2, 0.25) is 0 Å². The van der Waals surface area contributed by atoms with Gasteiger partial charge < -0.3 is 0 Å². The Hall–Kier alpha value is -0.520. The van der Waals surface area contributed by atoms with E-state index in [4.69, 9.17) is 0 Å². The normalized spacial score (nSPS) is 12.4. The van der Waals surface area contributed by atoms with E-state index in [-0.39, 0.29) is 0 Å². The molecular formula is C9H16. The lowest BCUT2D eigenvalue weighted by atomic mass is 10.2. The van der Waals surface area contributed by atoms with Gasteiger partial charge in [-0.1, -0.05) is 45.1 Å². The molecule has 0 aromatic rings. The molecule has 0 atom stereocenters. The Morgan fingerprint density at radius 2 is 1.89 bits per heavy atom. The number of allylic oxidation sites excluding steroid dienone is 4. The standard InChI is InChI=1S/C9H16/c1-4-5-6-7-8-9(2)3/h5-9H,4H2,1-3H3/b6-5-,8-7-. The molecule has 0 aliphatic carbocycles. The smallest absolute Gasteiger partial charge is 0.0287 e. The molecule has 0 amide bonds. The quantitative estimate of drug-likeness (QED) is 0.507. The molecule has 0 heterocycles. The fourth-order valence-electron chi connectivity index (χ4n) is 0.501. The molecule has 0 saturated heterocycles. The van der Waals surface area contributed by atoms with E-state index >= 15 is 0 Å². The highest BCUT2D eigenvalue weighted by Crippen LogP contribution is 1.93. The SMILES string of the molecule is CC/C=C\C=C/C(C)C. The van der Waals surface area contributed by atoms with E-state index in [2.05, 4.69) is 45.1 Å². The van der Waals surface area contributed by atoms with Gasteiger partial charge in [0.1, 0.15) is 0 Å². The molecule has 0 bridgehead atoms. The Kier molecular flexibility index (Phi) is 5.29. The predicted molar refractivity (Wildman–Crippen MR) is 43.4 cm³/mol. The minimum atomic E-state index is 0.673. The van der Waals surface area contributed by atoms with Gasteiger partial charge in [-0.2, -0.15) is 0 Å². The summed E-state index contributed by atoms with van der Waals surface area (Å²) in [6.45, 7) is 6.49. The van der Waals surface area contributed by atoms with Crippen LogP contribution < -0.4 is 0 Å². The minimum absolute atomic E-state index is 0.673. The van der Waals surface area contributed by atoms with Crippen molar-refractivity contribution in [2.75, 3.05) is 0 Å². The first-order valence-electron chi connectivity index (χ1n) is 3.60. The second-order valence-corrected chi connectivity index (χ2v) is 2.47. The van der Waals surface area contributed by atoms with Crippen molar-refractivity contribution >= 4 is 0 Å². The lowest BCUT2D eigenvalue weighted by Gasteiger charge is -1.88. The van der Waals surface area contributed by atoms with E-state index in [9.17, 15) is 0 Å². The molecule has 0 saturated carbocycles. The largest absolute Gasteiger partial charge is 0.0848 e. The van der Waals surface area contributed by atoms with Crippen LogP contribution in [0.25, 0.3) is 0 Å². The first-order valence-corrected chi connectivity index (χ1v) is 3.60. The van der Waals surface area contributed by atoms with Gasteiger partial charge in [-0.25, -0.2) is 0 Å². The number of hydrogen-bond donors (Lipinski definition) is 0. The van der Waals surface area contributed by atoms with Crippen molar-refractivity contribution in [3.8, 4) is 0 Å². The highest BCUT2D eigenvalue weighted by atomic mass is 13.8. The van der Waals surface area contributed by atoms with Crippen molar-refractivity contribution in [1.29, 1.82) is 0 Å². The van der Waals surface area contributed by atoms with Crippen molar-refractivity contribution in [3.63, 3.8) is 0 Å². The summed E-state index contributed by atoms with van der Waals surface area (Å²) in [5, 5.41) is 0. The molecular weight excluding hydrogens is 108 g/mol. The van der Waals surface area contributed by atoms with Crippen molar-refractivity contribution in [1.82, 2.24) is 0 Å². The van der Waals surface area contributed by atoms with Crippen LogP contribution in [0.3, 0.4) is 0 Å². The second-order valence-electron chi connectivity index (χ2n) is 2.47. The maximum absolute atomic E-state index is 2.19. The molecule has 52 valence electrons. The minimum Gasteiger partial charge on any atom is -0.0848 e. The Morgan fingerprint density at radius 1 is 1.22 bits per heavy atom. The van der Waals surface area contributed by atoms with Crippen LogP contribution in [0, 0.1) is 5.92 Å². The lowest BCUT2D eigenvalue weighted by Crippen LogP contribution is -1.74. The maximum Gasteiger partial charge on any atom is -0.0287 e. The third-order valence-corrected chi connectivity index (χ3v) is 0.979. The predicted octanol–water partition coefficient (Wildman–Crippen LogP) is 3.16. The lowest BCUT2D eigenvalue weighted by molar-refractivity contribution is 0.832. The molecule has 0 spiro atoms. The molecule has 0 unspecified atom stereocenters. The van der Waals surface area contributed by atoms with Crippen LogP contribution in [0.15, 0.2) is 24.3 Å². The summed E-state index contributed by atoms with van der Waals surface area (Å²) in [4.78, 5) is 0. The fourth-order valence-corrected chi connectivity index (χ4v) is 0.501. The average Bonchev–Trinajstić information content (AvgIpc) is 1.80. The summed E-state index contributed by atoms with van der Waals surface area (Å²) in [6, 6.07) is 0. The zero-order chi connectivity index (χ0) is 7.11. The average molecular weight is 124 g/mol. The van der Waals surface area contributed by atoms with Crippen LogP contribution in [0.5, 0.6) is 0 Å². The van der Waals surface area contributed by atoms with Gasteiger partial charge in [-0.3, -0.25) is 0 Å². The van der Waals surface area contributed by atoms with Crippen LogP contribution in [0.1, 0.15) is 27.2 Å². The maximum atomic E-state index is 2.19. The van der Waals surface area contributed by atoms with E-state index in [1.165, 1.54) is 0 Å². The highest BCUT2D eigenvalue weighted by Gasteiger charge is 1.78. The van der Waals surface area contributed by atoms with Crippen molar-refractivity contribution in [2.45, 2.75) is 27.2 Å². The zero-order valence-corrected chi connectivity index (χ0v) is 6.59. The Balaban J connectivity index is 3.35. The Labute approximate surface area is 58.3 Å². The van der Waals surface area contributed by atoms with E-state index in [1.807, 2.05) is 0 Å². The molecule has 0 fully saturated rings. The fraction of sp³-hybridized carbons (Fsp3) is 0.556. The van der Waals surface area contributed by atoms with Crippen LogP contribution in [0.2, 0.25) is 0 Å². The molecule has 0 heteroatoms. The topological polar surface area (TPSA) is 0 Å². The van der Waals surface area contributed by atoms with Gasteiger partial charge in [0.05, 0.1) is 0 Å². The second kappa shape index (κ2) is 5.61. The molecule has 0 nitrogen and oxygen atoms in total. The monoisotopic (exact) mass is 124 g/mol. The van der Waals surface area contributed by atoms with Gasteiger partial charge in [0, 0.05) is 0 Å². The van der Waals surface area contributed by atoms with Gasteiger partial charge in [0.15, 0.2) is 0 Å². The molecule has 0 aromatic carbocycles. The van der Waals surface area contributed by atoms with Crippen LogP contribution in [-0.4, -0.2) is 0 Å². The van der Waals surface area contributed by atoms with Gasteiger partial charge in [-0.15, -0.1) is 0 Å². The van der Waals surface area contributed by atoms with Crippen molar-refractivity contribution < 1.29 is 0 Å². The highest BCUT2D eigenvalue weighted by molar-refractivity contribution is 5.02. The molecule has 0 N–H and O–H groups in total. The summed E-state index contributed by atoms with van der Waals surface area (Å²) in [5.74, 6) is 0.673. The number of rotatable bonds is 3. The summed E-state index contributed by atoms with van der Waals surface area (Å²) in [7, 11) is 0.